The lowest BCUT2D eigenvalue weighted by molar-refractivity contribution is -0.115. The molecule has 2 aromatic rings. The first kappa shape index (κ1) is 26.4. The van der Waals surface area contributed by atoms with Gasteiger partial charge >= 0.3 is 6.09 Å². The summed E-state index contributed by atoms with van der Waals surface area (Å²) in [5, 5.41) is 7.83. The number of ether oxygens (including phenoxy) is 1. The monoisotopic (exact) mass is 494 g/mol. The predicted molar refractivity (Wildman–Crippen MR) is 133 cm³/mol. The molecule has 0 aromatic heterocycles. The first-order valence-electron chi connectivity index (χ1n) is 11.5. The SMILES string of the molecule is CC(C)N1C(=O)c2ccc(C(=O)NCc3ccc(NC(=O)CNC(=O)OC(C)(C)C)cc3)cc2C1=O. The number of benzene rings is 2. The van der Waals surface area contributed by atoms with E-state index in [9.17, 15) is 24.0 Å². The van der Waals surface area contributed by atoms with E-state index in [0.717, 1.165) is 5.56 Å². The molecule has 10 nitrogen and oxygen atoms in total. The van der Waals surface area contributed by atoms with Crippen molar-refractivity contribution in [3.8, 4) is 0 Å². The topological polar surface area (TPSA) is 134 Å². The van der Waals surface area contributed by atoms with Crippen molar-refractivity contribution in [3.05, 3.63) is 64.7 Å². The first-order chi connectivity index (χ1) is 16.9. The van der Waals surface area contributed by atoms with Crippen molar-refractivity contribution < 1.29 is 28.7 Å². The van der Waals surface area contributed by atoms with Crippen LogP contribution in [0.4, 0.5) is 10.5 Å². The third kappa shape index (κ3) is 6.47. The van der Waals surface area contributed by atoms with Gasteiger partial charge in [-0.2, -0.15) is 0 Å². The lowest BCUT2D eigenvalue weighted by Crippen LogP contribution is -2.37. The van der Waals surface area contributed by atoms with Crippen molar-refractivity contribution >= 4 is 35.4 Å². The maximum Gasteiger partial charge on any atom is 0.408 e. The van der Waals surface area contributed by atoms with E-state index in [1.165, 1.54) is 23.1 Å². The highest BCUT2D eigenvalue weighted by atomic mass is 16.6. The second kappa shape index (κ2) is 10.6. The summed E-state index contributed by atoms with van der Waals surface area (Å²) in [5.41, 5.74) is 1.45. The lowest BCUT2D eigenvalue weighted by Gasteiger charge is -2.19. The quantitative estimate of drug-likeness (QED) is 0.507. The third-order valence-corrected chi connectivity index (χ3v) is 5.18. The minimum atomic E-state index is -0.680. The zero-order valence-electron chi connectivity index (χ0n) is 20.9. The Bertz CT molecular complexity index is 1200. The predicted octanol–water partition coefficient (Wildman–Crippen LogP) is 3.08. The fraction of sp³-hybridized carbons (Fsp3) is 0.346. The van der Waals surface area contributed by atoms with Crippen molar-refractivity contribution in [2.45, 2.75) is 52.8 Å². The van der Waals surface area contributed by atoms with E-state index < -0.39 is 23.5 Å². The van der Waals surface area contributed by atoms with Crippen LogP contribution in [0.5, 0.6) is 0 Å². The zero-order chi connectivity index (χ0) is 26.6. The molecule has 0 atom stereocenters. The van der Waals surface area contributed by atoms with Crippen LogP contribution in [0.3, 0.4) is 0 Å². The van der Waals surface area contributed by atoms with Crippen molar-refractivity contribution in [1.29, 1.82) is 0 Å². The van der Waals surface area contributed by atoms with E-state index in [0.29, 0.717) is 11.3 Å². The summed E-state index contributed by atoms with van der Waals surface area (Å²) in [6, 6.07) is 11.0. The molecule has 0 aliphatic carbocycles. The number of imide groups is 1. The Balaban J connectivity index is 1.51. The van der Waals surface area contributed by atoms with Gasteiger partial charge in [0.15, 0.2) is 0 Å². The molecule has 3 rings (SSSR count). The van der Waals surface area contributed by atoms with E-state index in [2.05, 4.69) is 16.0 Å². The van der Waals surface area contributed by atoms with E-state index >= 15 is 0 Å². The highest BCUT2D eigenvalue weighted by molar-refractivity contribution is 6.22. The van der Waals surface area contributed by atoms with Gasteiger partial charge in [0.2, 0.25) is 5.91 Å². The number of hydrogen-bond donors (Lipinski definition) is 3. The smallest absolute Gasteiger partial charge is 0.408 e. The number of carbonyl (C=O) groups excluding carboxylic acids is 5. The van der Waals surface area contributed by atoms with Crippen LogP contribution in [-0.2, 0) is 16.1 Å². The average molecular weight is 495 g/mol. The van der Waals surface area contributed by atoms with E-state index in [4.69, 9.17) is 4.74 Å². The van der Waals surface area contributed by atoms with Crippen molar-refractivity contribution in [2.24, 2.45) is 0 Å². The van der Waals surface area contributed by atoms with Crippen LogP contribution in [0.2, 0.25) is 0 Å². The summed E-state index contributed by atoms with van der Waals surface area (Å²) >= 11 is 0. The highest BCUT2D eigenvalue weighted by Gasteiger charge is 2.37. The number of anilines is 1. The largest absolute Gasteiger partial charge is 0.444 e. The molecule has 0 unspecified atom stereocenters. The summed E-state index contributed by atoms with van der Waals surface area (Å²) in [6.07, 6.45) is -0.680. The fourth-order valence-electron chi connectivity index (χ4n) is 3.53. The fourth-order valence-corrected chi connectivity index (χ4v) is 3.53. The van der Waals surface area contributed by atoms with Gasteiger partial charge in [-0.05, 0) is 70.5 Å². The molecule has 1 aliphatic heterocycles. The minimum Gasteiger partial charge on any atom is -0.444 e. The zero-order valence-corrected chi connectivity index (χ0v) is 20.9. The maximum absolute atomic E-state index is 12.6. The summed E-state index contributed by atoms with van der Waals surface area (Å²) in [5.74, 6) is -1.56. The van der Waals surface area contributed by atoms with Gasteiger partial charge in [0.05, 0.1) is 11.1 Å². The number of rotatable bonds is 7. The molecular formula is C26H30N4O6. The molecule has 3 N–H and O–H groups in total. The van der Waals surface area contributed by atoms with Crippen LogP contribution >= 0.6 is 0 Å². The molecule has 1 heterocycles. The van der Waals surface area contributed by atoms with E-state index in [1.54, 1.807) is 58.9 Å². The Hall–Kier alpha value is -4.21. The van der Waals surface area contributed by atoms with Crippen LogP contribution in [0.1, 0.15) is 71.3 Å². The molecule has 5 amide bonds. The minimum absolute atomic E-state index is 0.218. The van der Waals surface area contributed by atoms with Crippen molar-refractivity contribution in [3.63, 3.8) is 0 Å². The van der Waals surface area contributed by atoms with Gasteiger partial charge in [-0.3, -0.25) is 24.1 Å². The number of hydrogen-bond acceptors (Lipinski definition) is 6. The Morgan fingerprint density at radius 3 is 2.17 bits per heavy atom. The third-order valence-electron chi connectivity index (χ3n) is 5.18. The number of alkyl carbamates (subject to hydrolysis) is 1. The average Bonchev–Trinajstić information content (AvgIpc) is 3.05. The second-order valence-corrected chi connectivity index (χ2v) is 9.62. The number of carbonyl (C=O) groups is 5. The maximum atomic E-state index is 12.6. The Morgan fingerprint density at radius 1 is 0.917 bits per heavy atom. The van der Waals surface area contributed by atoms with Gasteiger partial charge in [0.25, 0.3) is 17.7 Å². The van der Waals surface area contributed by atoms with Gasteiger partial charge in [0, 0.05) is 23.8 Å². The molecule has 0 fully saturated rings. The van der Waals surface area contributed by atoms with Crippen LogP contribution in [0.25, 0.3) is 0 Å². The van der Waals surface area contributed by atoms with Crippen LogP contribution in [0.15, 0.2) is 42.5 Å². The highest BCUT2D eigenvalue weighted by Crippen LogP contribution is 2.25. The second-order valence-electron chi connectivity index (χ2n) is 9.62. The lowest BCUT2D eigenvalue weighted by atomic mass is 10.1. The first-order valence-corrected chi connectivity index (χ1v) is 11.5. The van der Waals surface area contributed by atoms with Crippen molar-refractivity contribution in [2.75, 3.05) is 11.9 Å². The summed E-state index contributed by atoms with van der Waals surface area (Å²) in [4.78, 5) is 62.4. The van der Waals surface area contributed by atoms with Crippen LogP contribution in [-0.4, -0.2) is 52.8 Å². The van der Waals surface area contributed by atoms with Gasteiger partial charge in [-0.15, -0.1) is 0 Å². The number of nitrogens with zero attached hydrogens (tertiary/aromatic N) is 1. The Labute approximate surface area is 209 Å². The van der Waals surface area contributed by atoms with Crippen LogP contribution in [0, 0.1) is 0 Å². The number of amides is 5. The van der Waals surface area contributed by atoms with Crippen molar-refractivity contribution in [1.82, 2.24) is 15.5 Å². The molecule has 0 saturated heterocycles. The molecular weight excluding hydrogens is 464 g/mol. The standard InChI is InChI=1S/C26H30N4O6/c1-15(2)30-23(33)19-11-8-17(12-20(19)24(30)34)22(32)27-13-16-6-9-18(10-7-16)29-21(31)14-28-25(35)36-26(3,4)5/h6-12,15H,13-14H2,1-5H3,(H,27,32)(H,28,35)(H,29,31). The molecule has 0 bridgehead atoms. The van der Waals surface area contributed by atoms with Gasteiger partial charge < -0.3 is 20.7 Å². The molecule has 190 valence electrons. The molecule has 0 radical (unpaired) electrons. The Morgan fingerprint density at radius 2 is 1.56 bits per heavy atom. The molecule has 2 aromatic carbocycles. The molecule has 0 saturated carbocycles. The number of fused-ring (bicyclic) bond motifs is 1. The molecule has 10 heteroatoms. The number of nitrogens with one attached hydrogen (secondary N) is 3. The molecule has 1 aliphatic rings. The summed E-state index contributed by atoms with van der Waals surface area (Å²) in [6.45, 7) is 8.68. The molecule has 36 heavy (non-hydrogen) atoms. The Kier molecular flexibility index (Phi) is 7.77. The van der Waals surface area contributed by atoms with Gasteiger partial charge in [-0.1, -0.05) is 12.1 Å². The van der Waals surface area contributed by atoms with E-state index in [1.807, 2.05) is 0 Å². The van der Waals surface area contributed by atoms with Crippen LogP contribution < -0.4 is 16.0 Å². The normalized spacial score (nSPS) is 12.9. The molecule has 0 spiro atoms. The van der Waals surface area contributed by atoms with Gasteiger partial charge in [-0.25, -0.2) is 4.79 Å². The van der Waals surface area contributed by atoms with E-state index in [-0.39, 0.29) is 42.1 Å². The van der Waals surface area contributed by atoms with Gasteiger partial charge in [0.1, 0.15) is 12.1 Å². The summed E-state index contributed by atoms with van der Waals surface area (Å²) < 4.78 is 5.08. The summed E-state index contributed by atoms with van der Waals surface area (Å²) in [7, 11) is 0.